The van der Waals surface area contributed by atoms with Gasteiger partial charge >= 0.3 is 0 Å². The largest absolute Gasteiger partial charge is 0.632 e. The molecule has 5 nitrogen and oxygen atoms in total. The zero-order valence-corrected chi connectivity index (χ0v) is 14.0. The predicted octanol–water partition coefficient (Wildman–Crippen LogP) is 3.48. The first kappa shape index (κ1) is 15.5. The molecule has 1 aromatic heterocycles. The molecule has 22 heavy (non-hydrogen) atoms. The number of aromatic nitrogens is 3. The van der Waals surface area contributed by atoms with Gasteiger partial charge in [-0.2, -0.15) is 0 Å². The Morgan fingerprint density at radius 3 is 2.45 bits per heavy atom. The van der Waals surface area contributed by atoms with E-state index >= 15 is 0 Å². The summed E-state index contributed by atoms with van der Waals surface area (Å²) in [5, 5.41) is 22.4. The minimum absolute atomic E-state index is 0.235. The quantitative estimate of drug-likeness (QED) is 0.642. The maximum Gasteiger partial charge on any atom is 0.194 e. The molecule has 1 aliphatic heterocycles. The SMILES string of the molecule is Cn1c(-c2ccccc2Cl)nnc1C(C)(C)[N+]1([O-])CCCC1. The van der Waals surface area contributed by atoms with E-state index in [-0.39, 0.29) is 4.65 Å². The molecule has 0 atom stereocenters. The van der Waals surface area contributed by atoms with Gasteiger partial charge in [0, 0.05) is 25.5 Å². The maximum absolute atomic E-state index is 13.1. The van der Waals surface area contributed by atoms with E-state index in [1.54, 1.807) is 0 Å². The molecule has 0 bridgehead atoms. The molecular weight excluding hydrogens is 300 g/mol. The van der Waals surface area contributed by atoms with E-state index in [9.17, 15) is 5.21 Å². The van der Waals surface area contributed by atoms with Gasteiger partial charge in [-0.15, -0.1) is 10.2 Å². The van der Waals surface area contributed by atoms with Crippen LogP contribution in [0.2, 0.25) is 5.02 Å². The van der Waals surface area contributed by atoms with Gasteiger partial charge in [0.25, 0.3) is 0 Å². The molecule has 118 valence electrons. The minimum Gasteiger partial charge on any atom is -0.632 e. The normalized spacial score (nSPS) is 17.9. The molecule has 0 saturated carbocycles. The van der Waals surface area contributed by atoms with Crippen LogP contribution < -0.4 is 0 Å². The molecule has 2 aromatic rings. The van der Waals surface area contributed by atoms with Crippen molar-refractivity contribution in [3.63, 3.8) is 0 Å². The summed E-state index contributed by atoms with van der Waals surface area (Å²) >= 11 is 6.26. The highest BCUT2D eigenvalue weighted by molar-refractivity contribution is 6.33. The lowest BCUT2D eigenvalue weighted by Gasteiger charge is -2.50. The van der Waals surface area contributed by atoms with Gasteiger partial charge in [0.1, 0.15) is 0 Å². The van der Waals surface area contributed by atoms with Gasteiger partial charge in [-0.1, -0.05) is 23.7 Å². The molecular formula is C16H21ClN4O. The smallest absolute Gasteiger partial charge is 0.194 e. The predicted molar refractivity (Wildman–Crippen MR) is 87.1 cm³/mol. The molecule has 0 unspecified atom stereocenters. The topological polar surface area (TPSA) is 53.8 Å². The number of benzene rings is 1. The Kier molecular flexibility index (Phi) is 3.75. The van der Waals surface area contributed by atoms with Crippen molar-refractivity contribution in [2.24, 2.45) is 7.05 Å². The lowest BCUT2D eigenvalue weighted by atomic mass is 10.0. The number of hydrogen-bond acceptors (Lipinski definition) is 3. The van der Waals surface area contributed by atoms with Crippen LogP contribution in [-0.2, 0) is 12.6 Å². The lowest BCUT2D eigenvalue weighted by molar-refractivity contribution is -0.926. The van der Waals surface area contributed by atoms with Crippen LogP contribution in [0.15, 0.2) is 24.3 Å². The van der Waals surface area contributed by atoms with E-state index in [1.807, 2.05) is 49.7 Å². The highest BCUT2D eigenvalue weighted by Gasteiger charge is 2.44. The Morgan fingerprint density at radius 2 is 1.82 bits per heavy atom. The molecule has 2 heterocycles. The zero-order valence-electron chi connectivity index (χ0n) is 13.2. The molecule has 0 spiro atoms. The average Bonchev–Trinajstić information content (AvgIpc) is 3.07. The first-order chi connectivity index (χ1) is 10.4. The number of nitrogens with zero attached hydrogens (tertiary/aromatic N) is 4. The monoisotopic (exact) mass is 320 g/mol. The van der Waals surface area contributed by atoms with Crippen LogP contribution in [0.1, 0.15) is 32.5 Å². The molecule has 1 aliphatic rings. The second-order valence-corrected chi connectivity index (χ2v) is 6.90. The van der Waals surface area contributed by atoms with E-state index in [0.717, 1.165) is 18.4 Å². The molecule has 3 rings (SSSR count). The first-order valence-electron chi connectivity index (χ1n) is 7.60. The fourth-order valence-electron chi connectivity index (χ4n) is 3.33. The third-order valence-corrected chi connectivity index (χ3v) is 5.17. The van der Waals surface area contributed by atoms with Gasteiger partial charge in [0.2, 0.25) is 0 Å². The highest BCUT2D eigenvalue weighted by Crippen LogP contribution is 2.38. The summed E-state index contributed by atoms with van der Waals surface area (Å²) in [5.41, 5.74) is 0.206. The number of halogens is 1. The number of hydrogen-bond donors (Lipinski definition) is 0. The average molecular weight is 321 g/mol. The van der Waals surface area contributed by atoms with E-state index in [4.69, 9.17) is 11.6 Å². The van der Waals surface area contributed by atoms with E-state index in [0.29, 0.717) is 29.8 Å². The van der Waals surface area contributed by atoms with Gasteiger partial charge in [-0.3, -0.25) is 0 Å². The van der Waals surface area contributed by atoms with Crippen LogP contribution >= 0.6 is 11.6 Å². The van der Waals surface area contributed by atoms with Gasteiger partial charge in [-0.05, 0) is 26.0 Å². The molecule has 0 aliphatic carbocycles. The van der Waals surface area contributed by atoms with Crippen molar-refractivity contribution in [1.29, 1.82) is 0 Å². The third kappa shape index (κ3) is 2.24. The van der Waals surface area contributed by atoms with E-state index in [1.165, 1.54) is 0 Å². The summed E-state index contributed by atoms with van der Waals surface area (Å²) in [6.45, 7) is 5.21. The van der Waals surface area contributed by atoms with Crippen LogP contribution in [0.4, 0.5) is 0 Å². The van der Waals surface area contributed by atoms with E-state index < -0.39 is 5.54 Å². The van der Waals surface area contributed by atoms with Gasteiger partial charge < -0.3 is 14.4 Å². The van der Waals surface area contributed by atoms with Crippen molar-refractivity contribution in [2.45, 2.75) is 32.2 Å². The maximum atomic E-state index is 13.1. The summed E-state index contributed by atoms with van der Waals surface area (Å²) in [6.07, 6.45) is 1.95. The number of quaternary nitrogens is 1. The molecule has 1 saturated heterocycles. The number of rotatable bonds is 3. The van der Waals surface area contributed by atoms with Gasteiger partial charge in [-0.25, -0.2) is 0 Å². The van der Waals surface area contributed by atoms with Crippen LogP contribution in [-0.4, -0.2) is 32.5 Å². The standard InChI is InChI=1S/C16H21ClN4O/c1-16(2,21(22)10-6-7-11-21)15-19-18-14(20(15)3)12-8-4-5-9-13(12)17/h4-5,8-9H,6-7,10-11H2,1-3H3. The lowest BCUT2D eigenvalue weighted by Crippen LogP contribution is -2.54. The summed E-state index contributed by atoms with van der Waals surface area (Å²) in [6, 6.07) is 7.55. The number of likely N-dealkylation sites (tertiary alicyclic amines) is 1. The molecule has 1 fully saturated rings. The van der Waals surface area contributed by atoms with Gasteiger partial charge in [0.05, 0.1) is 18.1 Å². The van der Waals surface area contributed by atoms with E-state index in [2.05, 4.69) is 10.2 Å². The summed E-state index contributed by atoms with van der Waals surface area (Å²) in [5.74, 6) is 1.40. The summed E-state index contributed by atoms with van der Waals surface area (Å²) in [4.78, 5) is 0. The first-order valence-corrected chi connectivity index (χ1v) is 7.97. The van der Waals surface area contributed by atoms with Crippen molar-refractivity contribution in [3.8, 4) is 11.4 Å². The van der Waals surface area contributed by atoms with Crippen molar-refractivity contribution in [3.05, 3.63) is 40.3 Å². The zero-order chi connectivity index (χ0) is 16.0. The highest BCUT2D eigenvalue weighted by atomic mass is 35.5. The Bertz CT molecular complexity index is 689. The molecule has 1 aromatic carbocycles. The van der Waals surface area contributed by atoms with Crippen LogP contribution in [0.5, 0.6) is 0 Å². The fourth-order valence-corrected chi connectivity index (χ4v) is 3.55. The van der Waals surface area contributed by atoms with Crippen LogP contribution in [0.3, 0.4) is 0 Å². The second kappa shape index (κ2) is 5.33. The Balaban J connectivity index is 2.06. The molecule has 6 heteroatoms. The van der Waals surface area contributed by atoms with Crippen molar-refractivity contribution >= 4 is 11.6 Å². The Morgan fingerprint density at radius 1 is 1.18 bits per heavy atom. The van der Waals surface area contributed by atoms with Crippen molar-refractivity contribution in [2.75, 3.05) is 13.1 Å². The summed E-state index contributed by atoms with van der Waals surface area (Å²) in [7, 11) is 1.90. The fraction of sp³-hybridized carbons (Fsp3) is 0.500. The molecule has 0 amide bonds. The Labute approximate surface area is 135 Å². The number of hydroxylamine groups is 3. The minimum atomic E-state index is -0.627. The van der Waals surface area contributed by atoms with Crippen molar-refractivity contribution in [1.82, 2.24) is 14.8 Å². The van der Waals surface area contributed by atoms with Crippen molar-refractivity contribution < 1.29 is 4.65 Å². The third-order valence-electron chi connectivity index (χ3n) is 4.84. The molecule has 0 radical (unpaired) electrons. The second-order valence-electron chi connectivity index (χ2n) is 6.49. The summed E-state index contributed by atoms with van der Waals surface area (Å²) < 4.78 is 1.67. The van der Waals surface area contributed by atoms with Gasteiger partial charge in [0.15, 0.2) is 17.2 Å². The Hall–Kier alpha value is -1.43. The molecule has 0 N–H and O–H groups in total. The van der Waals surface area contributed by atoms with Crippen LogP contribution in [0, 0.1) is 5.21 Å². The van der Waals surface area contributed by atoms with Crippen LogP contribution in [0.25, 0.3) is 11.4 Å².